The van der Waals surface area contributed by atoms with Crippen LogP contribution in [0, 0.1) is 0 Å². The Kier molecular flexibility index (Phi) is 7.31. The van der Waals surface area contributed by atoms with E-state index >= 15 is 0 Å². The van der Waals surface area contributed by atoms with Gasteiger partial charge in [0.05, 0.1) is 19.8 Å². The van der Waals surface area contributed by atoms with Gasteiger partial charge in [0, 0.05) is 50.6 Å². The fraction of sp³-hybridized carbons (Fsp3) is 0.400. The van der Waals surface area contributed by atoms with Gasteiger partial charge >= 0.3 is 0 Å². The SMILES string of the molecule is CN=C(NCc1cccnc1OCCOC)Nc1ccc2c(c1)OCCCO2. The number of benzene rings is 1. The van der Waals surface area contributed by atoms with Crippen molar-refractivity contribution < 1.29 is 18.9 Å². The molecule has 150 valence electrons. The molecule has 0 bridgehead atoms. The highest BCUT2D eigenvalue weighted by atomic mass is 16.5. The second-order valence-electron chi connectivity index (χ2n) is 6.07. The second-order valence-corrected chi connectivity index (χ2v) is 6.07. The number of aliphatic imine (C=N–C) groups is 1. The van der Waals surface area contributed by atoms with Gasteiger partial charge in [-0.3, -0.25) is 4.99 Å². The number of hydrogen-bond donors (Lipinski definition) is 2. The summed E-state index contributed by atoms with van der Waals surface area (Å²) >= 11 is 0. The van der Waals surface area contributed by atoms with Gasteiger partial charge in [0.15, 0.2) is 17.5 Å². The van der Waals surface area contributed by atoms with Crippen molar-refractivity contribution in [1.29, 1.82) is 0 Å². The summed E-state index contributed by atoms with van der Waals surface area (Å²) in [6.45, 7) is 2.79. The number of ether oxygens (including phenoxy) is 4. The molecule has 8 heteroatoms. The third-order valence-electron chi connectivity index (χ3n) is 4.06. The molecule has 8 nitrogen and oxygen atoms in total. The summed E-state index contributed by atoms with van der Waals surface area (Å²) < 4.78 is 22.1. The third-order valence-corrected chi connectivity index (χ3v) is 4.06. The maximum atomic E-state index is 5.74. The molecule has 0 saturated heterocycles. The largest absolute Gasteiger partial charge is 0.490 e. The van der Waals surface area contributed by atoms with E-state index < -0.39 is 0 Å². The van der Waals surface area contributed by atoms with Gasteiger partial charge in [-0.1, -0.05) is 6.07 Å². The monoisotopic (exact) mass is 386 g/mol. The minimum atomic E-state index is 0.449. The maximum absolute atomic E-state index is 5.74. The minimum Gasteiger partial charge on any atom is -0.490 e. The molecule has 0 saturated carbocycles. The summed E-state index contributed by atoms with van der Waals surface area (Å²) in [5.74, 6) is 2.71. The van der Waals surface area contributed by atoms with Gasteiger partial charge in [-0.25, -0.2) is 4.98 Å². The summed E-state index contributed by atoms with van der Waals surface area (Å²) in [5, 5.41) is 6.54. The van der Waals surface area contributed by atoms with Crippen LogP contribution in [-0.2, 0) is 11.3 Å². The molecule has 0 radical (unpaired) electrons. The Balaban J connectivity index is 1.61. The Morgan fingerprint density at radius 3 is 2.86 bits per heavy atom. The fourth-order valence-corrected chi connectivity index (χ4v) is 2.65. The Hall–Kier alpha value is -3.00. The van der Waals surface area contributed by atoms with Gasteiger partial charge in [0.1, 0.15) is 6.61 Å². The van der Waals surface area contributed by atoms with Crippen molar-refractivity contribution in [1.82, 2.24) is 10.3 Å². The van der Waals surface area contributed by atoms with Gasteiger partial charge in [0.25, 0.3) is 0 Å². The number of fused-ring (bicyclic) bond motifs is 1. The van der Waals surface area contributed by atoms with Crippen molar-refractivity contribution in [2.45, 2.75) is 13.0 Å². The lowest BCUT2D eigenvalue weighted by Crippen LogP contribution is -2.30. The van der Waals surface area contributed by atoms with Crippen LogP contribution in [0.15, 0.2) is 41.5 Å². The van der Waals surface area contributed by atoms with Crippen LogP contribution in [-0.4, -0.2) is 51.5 Å². The van der Waals surface area contributed by atoms with E-state index in [1.165, 1.54) is 0 Å². The molecule has 0 atom stereocenters. The molecular weight excluding hydrogens is 360 g/mol. The quantitative estimate of drug-likeness (QED) is 0.429. The first-order valence-corrected chi connectivity index (χ1v) is 9.23. The summed E-state index contributed by atoms with van der Waals surface area (Å²) in [7, 11) is 3.36. The van der Waals surface area contributed by atoms with E-state index in [0.29, 0.717) is 44.8 Å². The van der Waals surface area contributed by atoms with Crippen LogP contribution in [0.5, 0.6) is 17.4 Å². The first-order chi connectivity index (χ1) is 13.8. The van der Waals surface area contributed by atoms with Crippen LogP contribution >= 0.6 is 0 Å². The summed E-state index contributed by atoms with van der Waals surface area (Å²) in [4.78, 5) is 8.56. The van der Waals surface area contributed by atoms with Crippen molar-refractivity contribution in [2.24, 2.45) is 4.99 Å². The average molecular weight is 386 g/mol. The number of methoxy groups -OCH3 is 1. The van der Waals surface area contributed by atoms with Gasteiger partial charge in [-0.15, -0.1) is 0 Å². The van der Waals surface area contributed by atoms with E-state index in [0.717, 1.165) is 29.2 Å². The van der Waals surface area contributed by atoms with Crippen LogP contribution in [0.1, 0.15) is 12.0 Å². The molecule has 3 rings (SSSR count). The molecule has 2 N–H and O–H groups in total. The van der Waals surface area contributed by atoms with Gasteiger partial charge < -0.3 is 29.6 Å². The number of nitrogens with zero attached hydrogens (tertiary/aromatic N) is 2. The third kappa shape index (κ3) is 5.50. The lowest BCUT2D eigenvalue weighted by molar-refractivity contribution is 0.143. The lowest BCUT2D eigenvalue weighted by atomic mass is 10.2. The molecule has 0 aliphatic carbocycles. The van der Waals surface area contributed by atoms with Gasteiger partial charge in [-0.05, 0) is 18.2 Å². The predicted molar refractivity (Wildman–Crippen MR) is 107 cm³/mol. The topological polar surface area (TPSA) is 86.2 Å². The number of nitrogens with one attached hydrogen (secondary N) is 2. The number of rotatable bonds is 7. The molecular formula is C20H26N4O4. The minimum absolute atomic E-state index is 0.449. The zero-order chi connectivity index (χ0) is 19.6. The molecule has 1 aromatic carbocycles. The highest BCUT2D eigenvalue weighted by Gasteiger charge is 2.12. The van der Waals surface area contributed by atoms with E-state index in [1.807, 2.05) is 30.3 Å². The number of anilines is 1. The number of pyridine rings is 1. The van der Waals surface area contributed by atoms with E-state index in [4.69, 9.17) is 18.9 Å². The second kappa shape index (κ2) is 10.4. The maximum Gasteiger partial charge on any atom is 0.218 e. The van der Waals surface area contributed by atoms with Crippen molar-refractivity contribution in [3.63, 3.8) is 0 Å². The molecule has 28 heavy (non-hydrogen) atoms. The van der Waals surface area contributed by atoms with Gasteiger partial charge in [0.2, 0.25) is 5.88 Å². The molecule has 0 unspecified atom stereocenters. The Morgan fingerprint density at radius 2 is 2.04 bits per heavy atom. The molecule has 0 fully saturated rings. The Bertz CT molecular complexity index is 798. The molecule has 1 aliphatic heterocycles. The Labute approximate surface area is 164 Å². The van der Waals surface area contributed by atoms with E-state index in [1.54, 1.807) is 20.4 Å². The highest BCUT2D eigenvalue weighted by molar-refractivity contribution is 5.93. The van der Waals surface area contributed by atoms with Crippen molar-refractivity contribution in [3.05, 3.63) is 42.1 Å². The van der Waals surface area contributed by atoms with Crippen molar-refractivity contribution in [3.8, 4) is 17.4 Å². The first kappa shape index (κ1) is 19.8. The smallest absolute Gasteiger partial charge is 0.218 e. The zero-order valence-electron chi connectivity index (χ0n) is 16.2. The van der Waals surface area contributed by atoms with Crippen molar-refractivity contribution in [2.75, 3.05) is 45.9 Å². The molecule has 1 aliphatic rings. The fourth-order valence-electron chi connectivity index (χ4n) is 2.65. The molecule has 2 aromatic rings. The summed E-state index contributed by atoms with van der Waals surface area (Å²) in [6.07, 6.45) is 2.58. The molecule has 2 heterocycles. The van der Waals surface area contributed by atoms with Crippen LogP contribution in [0.4, 0.5) is 5.69 Å². The molecule has 1 aromatic heterocycles. The van der Waals surface area contributed by atoms with Crippen LogP contribution in [0.25, 0.3) is 0 Å². The average Bonchev–Trinajstić information content (AvgIpc) is 2.97. The molecule has 0 amide bonds. The summed E-state index contributed by atoms with van der Waals surface area (Å²) in [6, 6.07) is 9.59. The van der Waals surface area contributed by atoms with Crippen LogP contribution < -0.4 is 24.8 Å². The molecule has 0 spiro atoms. The van der Waals surface area contributed by atoms with Crippen LogP contribution in [0.3, 0.4) is 0 Å². The van der Waals surface area contributed by atoms with E-state index in [2.05, 4.69) is 20.6 Å². The van der Waals surface area contributed by atoms with E-state index in [-0.39, 0.29) is 0 Å². The number of aromatic nitrogens is 1. The zero-order valence-corrected chi connectivity index (χ0v) is 16.2. The predicted octanol–water partition coefficient (Wildman–Crippen LogP) is 2.46. The van der Waals surface area contributed by atoms with E-state index in [9.17, 15) is 0 Å². The van der Waals surface area contributed by atoms with Crippen LogP contribution in [0.2, 0.25) is 0 Å². The summed E-state index contributed by atoms with van der Waals surface area (Å²) in [5.41, 5.74) is 1.79. The number of hydrogen-bond acceptors (Lipinski definition) is 6. The van der Waals surface area contributed by atoms with Crippen molar-refractivity contribution >= 4 is 11.6 Å². The Morgan fingerprint density at radius 1 is 1.18 bits per heavy atom. The van der Waals surface area contributed by atoms with Gasteiger partial charge in [-0.2, -0.15) is 0 Å². The highest BCUT2D eigenvalue weighted by Crippen LogP contribution is 2.32. The first-order valence-electron chi connectivity index (χ1n) is 9.23. The standard InChI is InChI=1S/C20H26N4O4/c1-21-20(23-14-15-5-3-8-22-19(15)28-12-11-25-2)24-16-6-7-17-18(13-16)27-10-4-9-26-17/h3,5-8,13H,4,9-12,14H2,1-2H3,(H2,21,23,24). The number of guanidine groups is 1. The lowest BCUT2D eigenvalue weighted by Gasteiger charge is -2.15. The normalized spacial score (nSPS) is 13.6.